The van der Waals surface area contributed by atoms with Crippen molar-refractivity contribution in [1.29, 1.82) is 0 Å². The molecule has 0 heterocycles. The maximum absolute atomic E-state index is 3.73. The summed E-state index contributed by atoms with van der Waals surface area (Å²) in [7, 11) is 0. The van der Waals surface area contributed by atoms with Crippen LogP contribution in [-0.2, 0) is 6.42 Å². The number of hydrogen-bond acceptors (Lipinski definition) is 0. The minimum Gasteiger partial charge on any atom is -0.0991 e. The molecule has 0 aliphatic heterocycles. The van der Waals surface area contributed by atoms with Crippen molar-refractivity contribution in [3.8, 4) is 0 Å². The van der Waals surface area contributed by atoms with Crippen molar-refractivity contribution in [1.82, 2.24) is 0 Å². The highest BCUT2D eigenvalue weighted by Crippen LogP contribution is 2.18. The Morgan fingerprint density at radius 1 is 1.22 bits per heavy atom. The van der Waals surface area contributed by atoms with E-state index >= 15 is 0 Å². The first-order valence-corrected chi connectivity index (χ1v) is 6.56. The van der Waals surface area contributed by atoms with Gasteiger partial charge in [-0.2, -0.15) is 0 Å². The Bertz CT molecular complexity index is 469. The normalized spacial score (nSPS) is 10.7. The van der Waals surface area contributed by atoms with Crippen LogP contribution in [0.15, 0.2) is 54.2 Å². The lowest BCUT2D eigenvalue weighted by Crippen LogP contribution is -1.93. The average molecular weight is 240 g/mol. The molecule has 0 N–H and O–H groups in total. The van der Waals surface area contributed by atoms with E-state index in [9.17, 15) is 0 Å². The predicted molar refractivity (Wildman–Crippen MR) is 81.9 cm³/mol. The van der Waals surface area contributed by atoms with Crippen molar-refractivity contribution in [3.63, 3.8) is 0 Å². The van der Waals surface area contributed by atoms with Crippen molar-refractivity contribution in [2.45, 2.75) is 40.5 Å². The van der Waals surface area contributed by atoms with E-state index in [1.807, 2.05) is 12.2 Å². The first-order valence-electron chi connectivity index (χ1n) is 6.56. The quantitative estimate of drug-likeness (QED) is 0.611. The lowest BCUT2D eigenvalue weighted by molar-refractivity contribution is 0.936. The van der Waals surface area contributed by atoms with Gasteiger partial charge in [0.2, 0.25) is 0 Å². The number of benzene rings is 1. The van der Waals surface area contributed by atoms with E-state index in [1.54, 1.807) is 0 Å². The molecule has 96 valence electrons. The number of hydrogen-bond donors (Lipinski definition) is 0. The SMILES string of the molecule is C=C/C=C\C(CCc1cc(C)ccc1C)=C(C)C. The molecule has 1 rings (SSSR count). The number of rotatable bonds is 5. The second kappa shape index (κ2) is 7.00. The molecule has 0 aliphatic rings. The molecule has 0 nitrogen and oxygen atoms in total. The summed E-state index contributed by atoms with van der Waals surface area (Å²) in [5.74, 6) is 0. The molecule has 0 spiro atoms. The molecule has 1 aromatic rings. The summed E-state index contributed by atoms with van der Waals surface area (Å²) in [5.41, 5.74) is 6.99. The van der Waals surface area contributed by atoms with Crippen LogP contribution in [0.25, 0.3) is 0 Å². The van der Waals surface area contributed by atoms with Crippen LogP contribution in [0, 0.1) is 13.8 Å². The summed E-state index contributed by atoms with van der Waals surface area (Å²) >= 11 is 0. The highest BCUT2D eigenvalue weighted by atomic mass is 14.1. The van der Waals surface area contributed by atoms with Gasteiger partial charge in [-0.25, -0.2) is 0 Å². The molecule has 0 radical (unpaired) electrons. The van der Waals surface area contributed by atoms with Gasteiger partial charge in [0.1, 0.15) is 0 Å². The van der Waals surface area contributed by atoms with Crippen molar-refractivity contribution in [2.24, 2.45) is 0 Å². The van der Waals surface area contributed by atoms with Crippen molar-refractivity contribution in [2.75, 3.05) is 0 Å². The van der Waals surface area contributed by atoms with Crippen molar-refractivity contribution < 1.29 is 0 Å². The van der Waals surface area contributed by atoms with Gasteiger partial charge < -0.3 is 0 Å². The predicted octanol–water partition coefficient (Wildman–Crippen LogP) is 5.31. The standard InChI is InChI=1S/C18H24/c1-6-7-8-17(14(2)3)11-12-18-13-15(4)9-10-16(18)5/h6-10,13H,1,11-12H2,2-5H3/b8-7-. The Kier molecular flexibility index (Phi) is 5.64. The number of aryl methyl sites for hydroxylation is 3. The van der Waals surface area contributed by atoms with E-state index in [1.165, 1.54) is 27.8 Å². The topological polar surface area (TPSA) is 0 Å². The summed E-state index contributed by atoms with van der Waals surface area (Å²) in [4.78, 5) is 0. The lowest BCUT2D eigenvalue weighted by Gasteiger charge is -2.09. The Morgan fingerprint density at radius 2 is 1.94 bits per heavy atom. The van der Waals surface area contributed by atoms with E-state index < -0.39 is 0 Å². The van der Waals surface area contributed by atoms with E-state index in [0.717, 1.165) is 12.8 Å². The molecule has 0 saturated heterocycles. The van der Waals surface area contributed by atoms with E-state index in [0.29, 0.717) is 0 Å². The van der Waals surface area contributed by atoms with Crippen LogP contribution in [0.5, 0.6) is 0 Å². The fourth-order valence-corrected chi connectivity index (χ4v) is 2.02. The summed E-state index contributed by atoms with van der Waals surface area (Å²) in [6, 6.07) is 6.69. The van der Waals surface area contributed by atoms with Gasteiger partial charge in [-0.1, -0.05) is 54.1 Å². The van der Waals surface area contributed by atoms with E-state index in [2.05, 4.69) is 58.5 Å². The third-order valence-electron chi connectivity index (χ3n) is 3.24. The molecular formula is C18H24. The summed E-state index contributed by atoms with van der Waals surface area (Å²) in [5, 5.41) is 0. The Hall–Kier alpha value is -1.56. The Morgan fingerprint density at radius 3 is 2.56 bits per heavy atom. The molecule has 0 unspecified atom stereocenters. The first kappa shape index (κ1) is 14.5. The average Bonchev–Trinajstić information content (AvgIpc) is 2.33. The number of allylic oxidation sites excluding steroid dienone is 5. The molecule has 0 atom stereocenters. The van der Waals surface area contributed by atoms with Crippen molar-refractivity contribution in [3.05, 3.63) is 70.8 Å². The highest BCUT2D eigenvalue weighted by Gasteiger charge is 2.01. The zero-order chi connectivity index (χ0) is 13.5. The van der Waals surface area contributed by atoms with Gasteiger partial charge in [0.25, 0.3) is 0 Å². The first-order chi connectivity index (χ1) is 8.54. The zero-order valence-corrected chi connectivity index (χ0v) is 12.1. The van der Waals surface area contributed by atoms with Gasteiger partial charge in [0.05, 0.1) is 0 Å². The fraction of sp³-hybridized carbons (Fsp3) is 0.333. The van der Waals surface area contributed by atoms with Gasteiger partial charge in [-0.15, -0.1) is 0 Å². The fourth-order valence-electron chi connectivity index (χ4n) is 2.02. The molecule has 18 heavy (non-hydrogen) atoms. The maximum atomic E-state index is 3.73. The van der Waals surface area contributed by atoms with Gasteiger partial charge in [-0.3, -0.25) is 0 Å². The molecular weight excluding hydrogens is 216 g/mol. The Balaban J connectivity index is 2.80. The largest absolute Gasteiger partial charge is 0.0991 e. The highest BCUT2D eigenvalue weighted by molar-refractivity contribution is 5.33. The van der Waals surface area contributed by atoms with E-state index in [4.69, 9.17) is 0 Å². The molecule has 1 aromatic carbocycles. The summed E-state index contributed by atoms with van der Waals surface area (Å²) in [6.45, 7) is 12.4. The van der Waals surface area contributed by atoms with E-state index in [-0.39, 0.29) is 0 Å². The molecule has 0 aromatic heterocycles. The van der Waals surface area contributed by atoms with Crippen LogP contribution >= 0.6 is 0 Å². The third-order valence-corrected chi connectivity index (χ3v) is 3.24. The second-order valence-corrected chi connectivity index (χ2v) is 5.05. The molecule has 0 fully saturated rings. The zero-order valence-electron chi connectivity index (χ0n) is 12.1. The smallest absolute Gasteiger partial charge is 0.0236 e. The third kappa shape index (κ3) is 4.37. The lowest BCUT2D eigenvalue weighted by atomic mass is 9.97. The van der Waals surface area contributed by atoms with Crippen LogP contribution in [-0.4, -0.2) is 0 Å². The van der Waals surface area contributed by atoms with Crippen LogP contribution < -0.4 is 0 Å². The molecule has 0 aliphatic carbocycles. The minimum absolute atomic E-state index is 1.09. The monoisotopic (exact) mass is 240 g/mol. The van der Waals surface area contributed by atoms with Crippen LogP contribution in [0.2, 0.25) is 0 Å². The molecule has 0 bridgehead atoms. The Labute approximate surface area is 112 Å². The van der Waals surface area contributed by atoms with Crippen molar-refractivity contribution >= 4 is 0 Å². The van der Waals surface area contributed by atoms with Gasteiger partial charge in [0.15, 0.2) is 0 Å². The summed E-state index contributed by atoms with van der Waals surface area (Å²) in [6.07, 6.45) is 8.23. The van der Waals surface area contributed by atoms with Crippen LogP contribution in [0.4, 0.5) is 0 Å². The minimum atomic E-state index is 1.09. The molecule has 0 saturated carbocycles. The second-order valence-electron chi connectivity index (χ2n) is 5.05. The van der Waals surface area contributed by atoms with Crippen LogP contribution in [0.3, 0.4) is 0 Å². The summed E-state index contributed by atoms with van der Waals surface area (Å²) < 4.78 is 0. The van der Waals surface area contributed by atoms with Gasteiger partial charge in [0, 0.05) is 0 Å². The molecule has 0 heteroatoms. The van der Waals surface area contributed by atoms with Crippen LogP contribution in [0.1, 0.15) is 37.0 Å². The maximum Gasteiger partial charge on any atom is -0.0236 e. The van der Waals surface area contributed by atoms with Gasteiger partial charge in [-0.05, 0) is 57.2 Å². The van der Waals surface area contributed by atoms with Gasteiger partial charge >= 0.3 is 0 Å². The molecule has 0 amide bonds.